The van der Waals surface area contributed by atoms with Gasteiger partial charge in [-0.25, -0.2) is 0 Å². The van der Waals surface area contributed by atoms with E-state index in [4.69, 9.17) is 15.7 Å². The molecule has 114 valence electrons. The van der Waals surface area contributed by atoms with Crippen LogP contribution in [0.1, 0.15) is 37.7 Å². The highest BCUT2D eigenvalue weighted by molar-refractivity contribution is 5.97. The van der Waals surface area contributed by atoms with Gasteiger partial charge in [-0.15, -0.1) is 0 Å². The van der Waals surface area contributed by atoms with Crippen molar-refractivity contribution in [2.45, 2.75) is 38.1 Å². The average molecular weight is 291 g/mol. The van der Waals surface area contributed by atoms with Crippen LogP contribution in [0.4, 0.5) is 0 Å². The molecule has 0 aromatic heterocycles. The first-order chi connectivity index (χ1) is 10.2. The van der Waals surface area contributed by atoms with Crippen LogP contribution >= 0.6 is 0 Å². The summed E-state index contributed by atoms with van der Waals surface area (Å²) in [5.41, 5.74) is 6.06. The molecule has 21 heavy (non-hydrogen) atoms. The predicted molar refractivity (Wildman–Crippen MR) is 79.5 cm³/mol. The Morgan fingerprint density at radius 3 is 2.57 bits per heavy atom. The summed E-state index contributed by atoms with van der Waals surface area (Å²) in [6.45, 7) is -0.000577. The molecule has 2 rings (SSSR count). The number of ether oxygens (including phenoxy) is 1. The van der Waals surface area contributed by atoms with Crippen molar-refractivity contribution in [3.63, 3.8) is 0 Å². The van der Waals surface area contributed by atoms with Crippen LogP contribution in [0.2, 0.25) is 0 Å². The van der Waals surface area contributed by atoms with Crippen molar-refractivity contribution in [3.05, 3.63) is 29.8 Å². The largest absolute Gasteiger partial charge is 0.484 e. The first kappa shape index (κ1) is 15.2. The fraction of sp³-hybridized carbons (Fsp3) is 0.467. The first-order valence-electron chi connectivity index (χ1n) is 7.19. The molecule has 1 aliphatic carbocycles. The van der Waals surface area contributed by atoms with Gasteiger partial charge in [-0.05, 0) is 37.1 Å². The van der Waals surface area contributed by atoms with E-state index in [1.54, 1.807) is 24.3 Å². The Morgan fingerprint density at radius 1 is 1.29 bits per heavy atom. The minimum absolute atomic E-state index is 0.000577. The van der Waals surface area contributed by atoms with E-state index in [9.17, 15) is 4.79 Å². The van der Waals surface area contributed by atoms with Crippen molar-refractivity contribution in [2.24, 2.45) is 10.9 Å². The number of hydrogen-bond acceptors (Lipinski definition) is 4. The van der Waals surface area contributed by atoms with Gasteiger partial charge in [-0.1, -0.05) is 24.4 Å². The van der Waals surface area contributed by atoms with Crippen molar-refractivity contribution in [2.75, 3.05) is 6.61 Å². The highest BCUT2D eigenvalue weighted by Crippen LogP contribution is 2.17. The normalized spacial score (nSPS) is 16.5. The van der Waals surface area contributed by atoms with Gasteiger partial charge in [0.2, 0.25) is 0 Å². The second-order valence-corrected chi connectivity index (χ2v) is 5.20. The number of amidine groups is 1. The van der Waals surface area contributed by atoms with E-state index in [0.717, 1.165) is 12.8 Å². The zero-order valence-electron chi connectivity index (χ0n) is 11.9. The first-order valence-corrected chi connectivity index (χ1v) is 7.19. The highest BCUT2D eigenvalue weighted by Gasteiger charge is 2.15. The van der Waals surface area contributed by atoms with Crippen LogP contribution in [0.25, 0.3) is 0 Å². The van der Waals surface area contributed by atoms with Crippen LogP contribution in [0.5, 0.6) is 5.75 Å². The summed E-state index contributed by atoms with van der Waals surface area (Å²) in [7, 11) is 0. The molecular weight excluding hydrogens is 270 g/mol. The van der Waals surface area contributed by atoms with Crippen molar-refractivity contribution >= 4 is 11.7 Å². The molecule has 1 aromatic rings. The fourth-order valence-electron chi connectivity index (χ4n) is 2.44. The van der Waals surface area contributed by atoms with Crippen LogP contribution in [-0.2, 0) is 4.79 Å². The van der Waals surface area contributed by atoms with Gasteiger partial charge in [0.15, 0.2) is 12.4 Å². The molecule has 1 fully saturated rings. The third-order valence-electron chi connectivity index (χ3n) is 3.60. The van der Waals surface area contributed by atoms with Gasteiger partial charge in [0.1, 0.15) is 5.75 Å². The van der Waals surface area contributed by atoms with E-state index in [1.807, 2.05) is 0 Å². The summed E-state index contributed by atoms with van der Waals surface area (Å²) < 4.78 is 5.42. The summed E-state index contributed by atoms with van der Waals surface area (Å²) >= 11 is 0. The Morgan fingerprint density at radius 2 is 1.95 bits per heavy atom. The Balaban J connectivity index is 1.78. The van der Waals surface area contributed by atoms with Crippen molar-refractivity contribution in [1.29, 1.82) is 0 Å². The molecule has 0 unspecified atom stereocenters. The maximum atomic E-state index is 11.8. The number of carbonyl (C=O) groups excluding carboxylic acids is 1. The number of nitrogens with two attached hydrogens (primary N) is 1. The average Bonchev–Trinajstić information content (AvgIpc) is 2.53. The molecule has 0 heterocycles. The third kappa shape index (κ3) is 4.66. The smallest absolute Gasteiger partial charge is 0.258 e. The summed E-state index contributed by atoms with van der Waals surface area (Å²) in [6, 6.07) is 6.99. The molecule has 0 aliphatic heterocycles. The number of nitrogens with zero attached hydrogens (tertiary/aromatic N) is 1. The Kier molecular flexibility index (Phi) is 5.43. The van der Waals surface area contributed by atoms with Crippen LogP contribution < -0.4 is 15.8 Å². The van der Waals surface area contributed by atoms with Gasteiger partial charge in [0.05, 0.1) is 0 Å². The number of benzene rings is 1. The quantitative estimate of drug-likeness (QED) is 0.332. The van der Waals surface area contributed by atoms with Crippen LogP contribution in [0, 0.1) is 0 Å². The molecule has 4 N–H and O–H groups in total. The van der Waals surface area contributed by atoms with Gasteiger partial charge in [0.25, 0.3) is 5.91 Å². The third-order valence-corrected chi connectivity index (χ3v) is 3.60. The molecule has 0 saturated heterocycles. The van der Waals surface area contributed by atoms with E-state index in [2.05, 4.69) is 10.5 Å². The fourth-order valence-corrected chi connectivity index (χ4v) is 2.44. The number of rotatable bonds is 5. The lowest BCUT2D eigenvalue weighted by atomic mass is 9.95. The zero-order valence-corrected chi connectivity index (χ0v) is 11.9. The van der Waals surface area contributed by atoms with E-state index in [0.29, 0.717) is 11.3 Å². The molecule has 6 heteroatoms. The maximum Gasteiger partial charge on any atom is 0.258 e. The van der Waals surface area contributed by atoms with Crippen molar-refractivity contribution in [3.8, 4) is 5.75 Å². The van der Waals surface area contributed by atoms with Crippen LogP contribution in [0.3, 0.4) is 0 Å². The molecule has 1 amide bonds. The molecule has 6 nitrogen and oxygen atoms in total. The van der Waals surface area contributed by atoms with Gasteiger partial charge in [-0.3, -0.25) is 4.79 Å². The number of oxime groups is 1. The summed E-state index contributed by atoms with van der Waals surface area (Å²) in [5.74, 6) is 0.516. The maximum absolute atomic E-state index is 11.8. The summed E-state index contributed by atoms with van der Waals surface area (Å²) in [4.78, 5) is 11.8. The molecule has 0 spiro atoms. The number of amides is 1. The van der Waals surface area contributed by atoms with Gasteiger partial charge >= 0.3 is 0 Å². The van der Waals surface area contributed by atoms with E-state index in [1.165, 1.54) is 19.3 Å². The second-order valence-electron chi connectivity index (χ2n) is 5.20. The van der Waals surface area contributed by atoms with Crippen molar-refractivity contribution < 1.29 is 14.7 Å². The van der Waals surface area contributed by atoms with Crippen LogP contribution in [-0.4, -0.2) is 29.6 Å². The monoisotopic (exact) mass is 291 g/mol. The van der Waals surface area contributed by atoms with Crippen LogP contribution in [0.15, 0.2) is 29.4 Å². The van der Waals surface area contributed by atoms with Crippen molar-refractivity contribution in [1.82, 2.24) is 5.32 Å². The lowest BCUT2D eigenvalue weighted by Crippen LogP contribution is -2.38. The standard InChI is InChI=1S/C15H21N3O3/c16-15(18-20)11-6-8-13(9-7-11)21-10-14(19)17-12-4-2-1-3-5-12/h6-9,12,20H,1-5,10H2,(H2,16,18)(H,17,19). The second kappa shape index (κ2) is 7.52. The highest BCUT2D eigenvalue weighted by atomic mass is 16.5. The number of nitrogens with one attached hydrogen (secondary N) is 1. The number of hydrogen-bond donors (Lipinski definition) is 3. The van der Waals surface area contributed by atoms with E-state index < -0.39 is 0 Å². The summed E-state index contributed by atoms with van der Waals surface area (Å²) in [5, 5.41) is 14.5. The minimum atomic E-state index is -0.0950. The summed E-state index contributed by atoms with van der Waals surface area (Å²) in [6.07, 6.45) is 5.73. The molecule has 1 aromatic carbocycles. The number of carbonyl (C=O) groups is 1. The molecular formula is C15H21N3O3. The van der Waals surface area contributed by atoms with E-state index >= 15 is 0 Å². The molecule has 0 bridgehead atoms. The molecule has 1 saturated carbocycles. The van der Waals surface area contributed by atoms with Gasteiger partial charge in [0, 0.05) is 11.6 Å². The Hall–Kier alpha value is -2.24. The Bertz CT molecular complexity index is 493. The van der Waals surface area contributed by atoms with Gasteiger partial charge in [-0.2, -0.15) is 0 Å². The Labute approximate surface area is 124 Å². The van der Waals surface area contributed by atoms with Gasteiger partial charge < -0.3 is 21.0 Å². The topological polar surface area (TPSA) is 96.9 Å². The zero-order chi connectivity index (χ0) is 15.1. The molecule has 1 aliphatic rings. The lowest BCUT2D eigenvalue weighted by Gasteiger charge is -2.22. The SMILES string of the molecule is N/C(=N\O)c1ccc(OCC(=O)NC2CCCCC2)cc1. The lowest BCUT2D eigenvalue weighted by molar-refractivity contribution is -0.124. The molecule has 0 radical (unpaired) electrons. The minimum Gasteiger partial charge on any atom is -0.484 e. The molecule has 0 atom stereocenters. The van der Waals surface area contributed by atoms with E-state index in [-0.39, 0.29) is 24.4 Å². The predicted octanol–water partition coefficient (Wildman–Crippen LogP) is 1.61.